The van der Waals surface area contributed by atoms with Gasteiger partial charge in [0.05, 0.1) is 6.61 Å². The lowest BCUT2D eigenvalue weighted by Crippen LogP contribution is -2.30. The van der Waals surface area contributed by atoms with Gasteiger partial charge < -0.3 is 20.6 Å². The van der Waals surface area contributed by atoms with Crippen LogP contribution in [0.3, 0.4) is 0 Å². The van der Waals surface area contributed by atoms with Gasteiger partial charge in [-0.2, -0.15) is 0 Å². The normalized spacial score (nSPS) is 12.8. The highest BCUT2D eigenvalue weighted by Crippen LogP contribution is 2.24. The van der Waals surface area contributed by atoms with Gasteiger partial charge in [0.15, 0.2) is 0 Å². The summed E-state index contributed by atoms with van der Waals surface area (Å²) in [7, 11) is 0. The number of anilines is 1. The van der Waals surface area contributed by atoms with E-state index >= 15 is 0 Å². The summed E-state index contributed by atoms with van der Waals surface area (Å²) in [5.74, 6) is 0.443. The minimum atomic E-state index is -0.184. The Hall–Kier alpha value is -2.86. The van der Waals surface area contributed by atoms with Crippen molar-refractivity contribution in [2.75, 3.05) is 11.9 Å². The number of nitrogens with one attached hydrogen (secondary N) is 2. The number of carbonyl (C=O) groups is 2. The predicted molar refractivity (Wildman–Crippen MR) is 109 cm³/mol. The van der Waals surface area contributed by atoms with E-state index in [4.69, 9.17) is 0 Å². The minimum absolute atomic E-state index is 0.00310. The van der Waals surface area contributed by atoms with Gasteiger partial charge in [0, 0.05) is 30.9 Å². The van der Waals surface area contributed by atoms with Crippen molar-refractivity contribution < 1.29 is 14.7 Å². The summed E-state index contributed by atoms with van der Waals surface area (Å²) in [6.45, 7) is 5.95. The van der Waals surface area contributed by atoms with Crippen LogP contribution in [0, 0.1) is 5.92 Å². The van der Waals surface area contributed by atoms with E-state index in [1.165, 1.54) is 0 Å². The molecule has 0 unspecified atom stereocenters. The number of benzene rings is 2. The van der Waals surface area contributed by atoms with E-state index in [1.807, 2.05) is 18.2 Å². The molecule has 148 valence electrons. The molecule has 6 nitrogen and oxygen atoms in total. The van der Waals surface area contributed by atoms with Crippen molar-refractivity contribution in [1.29, 1.82) is 0 Å². The van der Waals surface area contributed by atoms with Crippen LogP contribution in [0.4, 0.5) is 10.5 Å². The van der Waals surface area contributed by atoms with Crippen LogP contribution < -0.4 is 10.6 Å². The van der Waals surface area contributed by atoms with Gasteiger partial charge in [0.2, 0.25) is 0 Å². The van der Waals surface area contributed by atoms with Crippen LogP contribution >= 0.6 is 0 Å². The summed E-state index contributed by atoms with van der Waals surface area (Å²) in [4.78, 5) is 26.4. The molecule has 3 rings (SSSR count). The Labute approximate surface area is 165 Å². The first-order valence-electron chi connectivity index (χ1n) is 9.62. The second kappa shape index (κ2) is 8.89. The summed E-state index contributed by atoms with van der Waals surface area (Å²) in [6.07, 6.45) is 0.942. The van der Waals surface area contributed by atoms with Crippen molar-refractivity contribution in [2.24, 2.45) is 5.92 Å². The molecule has 0 radical (unpaired) electrons. The van der Waals surface area contributed by atoms with Crippen LogP contribution in [0.25, 0.3) is 0 Å². The van der Waals surface area contributed by atoms with Crippen LogP contribution in [-0.4, -0.2) is 28.5 Å². The Morgan fingerprint density at radius 1 is 1.07 bits per heavy atom. The number of hydrogen-bond acceptors (Lipinski definition) is 3. The molecule has 0 saturated carbocycles. The Morgan fingerprint density at radius 2 is 1.79 bits per heavy atom. The zero-order valence-electron chi connectivity index (χ0n) is 16.4. The highest BCUT2D eigenvalue weighted by atomic mass is 16.3. The summed E-state index contributed by atoms with van der Waals surface area (Å²) in [6, 6.07) is 12.5. The van der Waals surface area contributed by atoms with Crippen molar-refractivity contribution in [3.63, 3.8) is 0 Å². The third kappa shape index (κ3) is 4.89. The molecule has 0 bridgehead atoms. The molecule has 2 aromatic rings. The summed E-state index contributed by atoms with van der Waals surface area (Å²) in [5.41, 5.74) is 4.24. The number of rotatable bonds is 6. The minimum Gasteiger partial charge on any atom is -0.392 e. The van der Waals surface area contributed by atoms with Gasteiger partial charge in [-0.1, -0.05) is 32.0 Å². The maximum atomic E-state index is 12.5. The lowest BCUT2D eigenvalue weighted by molar-refractivity contribution is 0.0952. The van der Waals surface area contributed by atoms with Gasteiger partial charge in [0.1, 0.15) is 0 Å². The molecule has 0 saturated heterocycles. The fraction of sp³-hybridized carbons (Fsp3) is 0.364. The highest BCUT2D eigenvalue weighted by Gasteiger charge is 2.23. The molecular weight excluding hydrogens is 354 g/mol. The number of nitrogens with zero attached hydrogens (tertiary/aromatic N) is 1. The summed E-state index contributed by atoms with van der Waals surface area (Å²) in [5, 5.41) is 15.0. The molecule has 1 heterocycles. The molecular formula is C22H27N3O3. The zero-order chi connectivity index (χ0) is 20.1. The second-order valence-electron chi connectivity index (χ2n) is 7.56. The lowest BCUT2D eigenvalue weighted by Gasteiger charge is -2.16. The van der Waals surface area contributed by atoms with Crippen LogP contribution in [-0.2, 0) is 19.7 Å². The van der Waals surface area contributed by atoms with E-state index < -0.39 is 0 Å². The van der Waals surface area contributed by atoms with Crippen molar-refractivity contribution >= 4 is 17.6 Å². The fourth-order valence-corrected chi connectivity index (χ4v) is 3.17. The highest BCUT2D eigenvalue weighted by molar-refractivity contribution is 5.95. The standard InChI is InChI=1S/C22H27N3O3/c1-15(2)9-10-23-21(27)17-5-7-20(8-6-17)24-22(28)25-12-18-4-3-16(14-26)11-19(18)13-25/h3-8,11,15,26H,9-10,12-14H2,1-2H3,(H,23,27)(H,24,28). The molecule has 3 amide bonds. The molecule has 3 N–H and O–H groups in total. The fourth-order valence-electron chi connectivity index (χ4n) is 3.17. The van der Waals surface area contributed by atoms with E-state index in [1.54, 1.807) is 29.2 Å². The Bertz CT molecular complexity index is 847. The maximum absolute atomic E-state index is 12.5. The van der Waals surface area contributed by atoms with Gasteiger partial charge in [-0.05, 0) is 53.3 Å². The number of fused-ring (bicyclic) bond motifs is 1. The Balaban J connectivity index is 1.54. The molecule has 2 aromatic carbocycles. The lowest BCUT2D eigenvalue weighted by atomic mass is 10.1. The molecule has 0 aromatic heterocycles. The van der Waals surface area contributed by atoms with Gasteiger partial charge in [0.25, 0.3) is 5.91 Å². The van der Waals surface area contributed by atoms with Gasteiger partial charge in [-0.3, -0.25) is 4.79 Å². The average molecular weight is 381 g/mol. The average Bonchev–Trinajstić information content (AvgIpc) is 3.11. The predicted octanol–water partition coefficient (Wildman–Crippen LogP) is 3.50. The van der Waals surface area contributed by atoms with Crippen molar-refractivity contribution in [2.45, 2.75) is 40.0 Å². The molecule has 0 spiro atoms. The van der Waals surface area contributed by atoms with E-state index in [0.717, 1.165) is 23.1 Å². The zero-order valence-corrected chi connectivity index (χ0v) is 16.4. The van der Waals surface area contributed by atoms with Crippen LogP contribution in [0.1, 0.15) is 47.3 Å². The van der Waals surface area contributed by atoms with Crippen molar-refractivity contribution in [3.05, 3.63) is 64.7 Å². The smallest absolute Gasteiger partial charge is 0.322 e. The van der Waals surface area contributed by atoms with Crippen LogP contribution in [0.15, 0.2) is 42.5 Å². The number of urea groups is 1. The van der Waals surface area contributed by atoms with Gasteiger partial charge in [-0.25, -0.2) is 4.79 Å². The first-order valence-corrected chi connectivity index (χ1v) is 9.62. The Kier molecular flexibility index (Phi) is 6.31. The third-order valence-corrected chi connectivity index (χ3v) is 4.87. The van der Waals surface area contributed by atoms with E-state index in [9.17, 15) is 14.7 Å². The molecule has 28 heavy (non-hydrogen) atoms. The van der Waals surface area contributed by atoms with Crippen LogP contribution in [0.2, 0.25) is 0 Å². The molecule has 6 heteroatoms. The number of hydrogen-bond donors (Lipinski definition) is 3. The largest absolute Gasteiger partial charge is 0.392 e. The first-order chi connectivity index (χ1) is 13.5. The van der Waals surface area contributed by atoms with E-state index in [-0.39, 0.29) is 18.5 Å². The first kappa shape index (κ1) is 19.9. The van der Waals surface area contributed by atoms with Gasteiger partial charge in [-0.15, -0.1) is 0 Å². The number of aliphatic hydroxyl groups excluding tert-OH is 1. The summed E-state index contributed by atoms with van der Waals surface area (Å²) >= 11 is 0. The van der Waals surface area contributed by atoms with Crippen molar-refractivity contribution in [1.82, 2.24) is 10.2 Å². The SMILES string of the molecule is CC(C)CCNC(=O)c1ccc(NC(=O)N2Cc3ccc(CO)cc3C2)cc1. The van der Waals surface area contributed by atoms with E-state index in [0.29, 0.717) is 36.8 Å². The quantitative estimate of drug-likeness (QED) is 0.716. The number of carbonyl (C=O) groups excluding carboxylic acids is 2. The molecule has 1 aliphatic rings. The van der Waals surface area contributed by atoms with Gasteiger partial charge >= 0.3 is 6.03 Å². The molecule has 0 aliphatic carbocycles. The van der Waals surface area contributed by atoms with Crippen LogP contribution in [0.5, 0.6) is 0 Å². The number of aliphatic hydroxyl groups is 1. The number of amides is 3. The van der Waals surface area contributed by atoms with Crippen molar-refractivity contribution in [3.8, 4) is 0 Å². The molecule has 1 aliphatic heterocycles. The monoisotopic (exact) mass is 381 g/mol. The maximum Gasteiger partial charge on any atom is 0.322 e. The summed E-state index contributed by atoms with van der Waals surface area (Å²) < 4.78 is 0. The third-order valence-electron chi connectivity index (χ3n) is 4.87. The van der Waals surface area contributed by atoms with E-state index in [2.05, 4.69) is 24.5 Å². The molecule has 0 fully saturated rings. The second-order valence-corrected chi connectivity index (χ2v) is 7.56. The topological polar surface area (TPSA) is 81.7 Å². The molecule has 0 atom stereocenters. The Morgan fingerprint density at radius 3 is 2.46 bits per heavy atom.